The van der Waals surface area contributed by atoms with E-state index >= 15 is 0 Å². The number of fused-ring (bicyclic) bond motifs is 1. The molecular formula is C29H35BrN2O6. The lowest BCUT2D eigenvalue weighted by Gasteiger charge is -2.39. The minimum atomic E-state index is -0.545. The van der Waals surface area contributed by atoms with Gasteiger partial charge in [-0.25, -0.2) is 0 Å². The highest BCUT2D eigenvalue weighted by molar-refractivity contribution is 9.10. The van der Waals surface area contributed by atoms with E-state index in [9.17, 15) is 9.90 Å². The molecular weight excluding hydrogens is 552 g/mol. The molecule has 0 saturated carbocycles. The normalized spacial score (nSPS) is 23.2. The van der Waals surface area contributed by atoms with Gasteiger partial charge in [-0.2, -0.15) is 0 Å². The lowest BCUT2D eigenvalue weighted by molar-refractivity contribution is -0.171. The second-order valence-corrected chi connectivity index (χ2v) is 10.8. The molecule has 3 aliphatic heterocycles. The predicted molar refractivity (Wildman–Crippen MR) is 146 cm³/mol. The highest BCUT2D eigenvalue weighted by Crippen LogP contribution is 2.40. The van der Waals surface area contributed by atoms with Gasteiger partial charge in [0.05, 0.1) is 0 Å². The van der Waals surface area contributed by atoms with Crippen molar-refractivity contribution < 1.29 is 28.8 Å². The van der Waals surface area contributed by atoms with Gasteiger partial charge in [0.25, 0.3) is 5.91 Å². The highest BCUT2D eigenvalue weighted by atomic mass is 79.9. The Kier molecular flexibility index (Phi) is 8.89. The largest absolute Gasteiger partial charge is 0.459 e. The quantitative estimate of drug-likeness (QED) is 0.470. The molecule has 5 rings (SSSR count). The molecule has 0 spiro atoms. The maximum absolute atomic E-state index is 13.6. The Bertz CT molecular complexity index is 1130. The van der Waals surface area contributed by atoms with E-state index in [1.807, 2.05) is 42.2 Å². The van der Waals surface area contributed by atoms with Crippen molar-refractivity contribution >= 4 is 21.8 Å². The zero-order chi connectivity index (χ0) is 26.5. The molecule has 204 valence electrons. The summed E-state index contributed by atoms with van der Waals surface area (Å²) in [6, 6.07) is 14.2. The van der Waals surface area contributed by atoms with Crippen LogP contribution >= 0.6 is 15.9 Å². The van der Waals surface area contributed by atoms with Crippen LogP contribution in [0.5, 0.6) is 11.5 Å². The SMILES string of the molecule is CCO[C@@H]1OC(C(=O)N2CCN(Cc3ccc4c(c3)OCO4)CC2)=C[C@H](c2ccc(Br)cc2)[C@H]1CCCO. The van der Waals surface area contributed by atoms with Crippen LogP contribution in [-0.2, 0) is 20.8 Å². The summed E-state index contributed by atoms with van der Waals surface area (Å²) in [5.74, 6) is 1.78. The van der Waals surface area contributed by atoms with Crippen LogP contribution in [0.15, 0.2) is 58.8 Å². The van der Waals surface area contributed by atoms with E-state index in [1.165, 1.54) is 0 Å². The van der Waals surface area contributed by atoms with Crippen molar-refractivity contribution in [3.05, 3.63) is 69.9 Å². The Morgan fingerprint density at radius 3 is 2.58 bits per heavy atom. The molecule has 0 aliphatic carbocycles. The third-order valence-corrected chi connectivity index (χ3v) is 7.91. The standard InChI is InChI=1S/C29H35BrN2O6/c1-2-35-29-23(4-3-15-33)24(21-6-8-22(30)9-7-21)17-27(38-29)28(34)32-13-11-31(12-14-32)18-20-5-10-25-26(16-20)37-19-36-25/h5-10,16-17,23-24,29,33H,2-4,11-15,18-19H2,1H3/t23-,24-,29-/m1/s1. The van der Waals surface area contributed by atoms with Gasteiger partial charge in [0, 0.05) is 62.2 Å². The molecule has 0 unspecified atom stereocenters. The van der Waals surface area contributed by atoms with Crippen molar-refractivity contribution in [1.82, 2.24) is 9.80 Å². The van der Waals surface area contributed by atoms with E-state index in [0.717, 1.165) is 53.2 Å². The van der Waals surface area contributed by atoms with E-state index < -0.39 is 6.29 Å². The second-order valence-electron chi connectivity index (χ2n) is 9.84. The molecule has 38 heavy (non-hydrogen) atoms. The summed E-state index contributed by atoms with van der Waals surface area (Å²) in [6.45, 7) is 6.38. The van der Waals surface area contributed by atoms with Crippen molar-refractivity contribution in [2.45, 2.75) is 38.5 Å². The number of hydrogen-bond donors (Lipinski definition) is 1. The van der Waals surface area contributed by atoms with Crippen LogP contribution in [0, 0.1) is 5.92 Å². The van der Waals surface area contributed by atoms with Gasteiger partial charge < -0.3 is 29.0 Å². The molecule has 9 heteroatoms. The summed E-state index contributed by atoms with van der Waals surface area (Å²) in [4.78, 5) is 17.8. The summed E-state index contributed by atoms with van der Waals surface area (Å²) >= 11 is 3.51. The monoisotopic (exact) mass is 586 g/mol. The summed E-state index contributed by atoms with van der Waals surface area (Å²) < 4.78 is 24.1. The first-order valence-electron chi connectivity index (χ1n) is 13.3. The minimum absolute atomic E-state index is 0.00151. The fraction of sp³-hybridized carbons (Fsp3) is 0.483. The van der Waals surface area contributed by atoms with Crippen LogP contribution in [0.1, 0.15) is 36.8 Å². The summed E-state index contributed by atoms with van der Waals surface area (Å²) in [5.41, 5.74) is 2.26. The molecule has 3 aliphatic rings. The topological polar surface area (TPSA) is 80.7 Å². The van der Waals surface area contributed by atoms with Gasteiger partial charge >= 0.3 is 0 Å². The number of aliphatic hydroxyl groups is 1. The smallest absolute Gasteiger partial charge is 0.288 e. The molecule has 1 N–H and O–H groups in total. The Morgan fingerprint density at radius 1 is 1.08 bits per heavy atom. The fourth-order valence-corrected chi connectivity index (χ4v) is 5.65. The molecule has 2 aromatic carbocycles. The van der Waals surface area contributed by atoms with Crippen LogP contribution < -0.4 is 9.47 Å². The molecule has 8 nitrogen and oxygen atoms in total. The predicted octanol–water partition coefficient (Wildman–Crippen LogP) is 4.27. The van der Waals surface area contributed by atoms with E-state index in [0.29, 0.717) is 31.9 Å². The first-order chi connectivity index (χ1) is 18.6. The average Bonchev–Trinajstić information content (AvgIpc) is 3.41. The third kappa shape index (κ3) is 6.17. The van der Waals surface area contributed by atoms with Crippen LogP contribution in [0.2, 0.25) is 0 Å². The average molecular weight is 588 g/mol. The molecule has 1 amide bonds. The zero-order valence-corrected chi connectivity index (χ0v) is 23.3. The van der Waals surface area contributed by atoms with Gasteiger partial charge in [0.15, 0.2) is 17.3 Å². The van der Waals surface area contributed by atoms with Crippen molar-refractivity contribution in [1.29, 1.82) is 0 Å². The van der Waals surface area contributed by atoms with Crippen molar-refractivity contribution in [3.8, 4) is 11.5 Å². The number of aliphatic hydroxyl groups excluding tert-OH is 1. The highest BCUT2D eigenvalue weighted by Gasteiger charge is 2.39. The number of rotatable bonds is 9. The Hall–Kier alpha value is -2.59. The van der Waals surface area contributed by atoms with Crippen LogP contribution in [0.25, 0.3) is 0 Å². The van der Waals surface area contributed by atoms with Gasteiger partial charge in [0.1, 0.15) is 0 Å². The van der Waals surface area contributed by atoms with Crippen LogP contribution in [-0.4, -0.2) is 73.3 Å². The first-order valence-corrected chi connectivity index (χ1v) is 14.1. The number of amides is 1. The number of nitrogens with zero attached hydrogens (tertiary/aromatic N) is 2. The molecule has 0 radical (unpaired) electrons. The van der Waals surface area contributed by atoms with Crippen molar-refractivity contribution in [2.24, 2.45) is 5.92 Å². The third-order valence-electron chi connectivity index (χ3n) is 7.38. The number of allylic oxidation sites excluding steroid dienone is 1. The van der Waals surface area contributed by atoms with E-state index in [2.05, 4.69) is 39.0 Å². The Morgan fingerprint density at radius 2 is 1.84 bits per heavy atom. The van der Waals surface area contributed by atoms with Crippen LogP contribution in [0.4, 0.5) is 0 Å². The minimum Gasteiger partial charge on any atom is -0.459 e. The number of hydrogen-bond acceptors (Lipinski definition) is 7. The lowest BCUT2D eigenvalue weighted by atomic mass is 9.80. The maximum atomic E-state index is 13.6. The molecule has 2 aromatic rings. The van der Waals surface area contributed by atoms with E-state index in [1.54, 1.807) is 0 Å². The Balaban J connectivity index is 1.28. The van der Waals surface area contributed by atoms with E-state index in [4.69, 9.17) is 18.9 Å². The zero-order valence-electron chi connectivity index (χ0n) is 21.7. The molecule has 3 heterocycles. The molecule has 0 aromatic heterocycles. The lowest BCUT2D eigenvalue weighted by Crippen LogP contribution is -2.49. The van der Waals surface area contributed by atoms with Gasteiger partial charge in [-0.1, -0.05) is 34.1 Å². The summed E-state index contributed by atoms with van der Waals surface area (Å²) in [6.07, 6.45) is 2.80. The second kappa shape index (κ2) is 12.5. The molecule has 1 saturated heterocycles. The number of carbonyl (C=O) groups is 1. The van der Waals surface area contributed by atoms with Gasteiger partial charge in [-0.15, -0.1) is 0 Å². The number of halogens is 1. The number of carbonyl (C=O) groups excluding carboxylic acids is 1. The first kappa shape index (κ1) is 27.0. The van der Waals surface area contributed by atoms with Gasteiger partial charge in [-0.3, -0.25) is 9.69 Å². The van der Waals surface area contributed by atoms with E-state index in [-0.39, 0.29) is 31.1 Å². The van der Waals surface area contributed by atoms with Crippen molar-refractivity contribution in [2.75, 3.05) is 46.2 Å². The Labute approximate surface area is 232 Å². The van der Waals surface area contributed by atoms with Crippen LogP contribution in [0.3, 0.4) is 0 Å². The summed E-state index contributed by atoms with van der Waals surface area (Å²) in [7, 11) is 0. The molecule has 3 atom stereocenters. The molecule has 1 fully saturated rings. The van der Waals surface area contributed by atoms with Gasteiger partial charge in [-0.05, 0) is 61.2 Å². The van der Waals surface area contributed by atoms with Gasteiger partial charge in [0.2, 0.25) is 13.1 Å². The summed E-state index contributed by atoms with van der Waals surface area (Å²) in [5, 5.41) is 9.49. The number of piperazine rings is 1. The molecule has 0 bridgehead atoms. The number of benzene rings is 2. The number of ether oxygens (including phenoxy) is 4. The fourth-order valence-electron chi connectivity index (χ4n) is 5.38. The van der Waals surface area contributed by atoms with Crippen molar-refractivity contribution in [3.63, 3.8) is 0 Å². The maximum Gasteiger partial charge on any atom is 0.288 e.